The highest BCUT2D eigenvalue weighted by Gasteiger charge is 2.31. The van der Waals surface area contributed by atoms with Crippen molar-refractivity contribution in [3.05, 3.63) is 59.7 Å². The summed E-state index contributed by atoms with van der Waals surface area (Å²) < 4.78 is 5.60. The Balaban J connectivity index is 1.56. The van der Waals surface area contributed by atoms with Crippen molar-refractivity contribution in [2.45, 2.75) is 39.2 Å². The number of carbonyl (C=O) groups excluding carboxylic acids is 3. The van der Waals surface area contributed by atoms with Crippen LogP contribution >= 0.6 is 0 Å². The highest BCUT2D eigenvalue weighted by Crippen LogP contribution is 2.44. The zero-order chi connectivity index (χ0) is 25.6. The summed E-state index contributed by atoms with van der Waals surface area (Å²) in [6, 6.07) is 15.5. The second-order valence-corrected chi connectivity index (χ2v) is 9.54. The summed E-state index contributed by atoms with van der Waals surface area (Å²) in [7, 11) is 0. The molecule has 1 aliphatic carbocycles. The molecule has 0 fully saturated rings. The van der Waals surface area contributed by atoms with Crippen molar-refractivity contribution in [3.63, 3.8) is 0 Å². The lowest BCUT2D eigenvalue weighted by Gasteiger charge is -2.31. The lowest BCUT2D eigenvalue weighted by molar-refractivity contribution is -0.137. The van der Waals surface area contributed by atoms with Gasteiger partial charge in [-0.15, -0.1) is 0 Å². The van der Waals surface area contributed by atoms with Crippen molar-refractivity contribution in [1.82, 2.24) is 16.0 Å². The fourth-order valence-electron chi connectivity index (χ4n) is 4.03. The molecule has 1 aliphatic rings. The van der Waals surface area contributed by atoms with Gasteiger partial charge in [0.1, 0.15) is 13.2 Å². The molecule has 2 aromatic rings. The molecule has 0 heterocycles. The fraction of sp³-hybridized carbons (Fsp3) is 0.385. The molecule has 0 aromatic heterocycles. The summed E-state index contributed by atoms with van der Waals surface area (Å²) in [4.78, 5) is 47.2. The summed E-state index contributed by atoms with van der Waals surface area (Å²) in [5, 5.41) is 16.0. The van der Waals surface area contributed by atoms with Crippen molar-refractivity contribution in [1.29, 1.82) is 0 Å². The minimum absolute atomic E-state index is 0.0695. The van der Waals surface area contributed by atoms with Crippen LogP contribution in [-0.2, 0) is 19.1 Å². The van der Waals surface area contributed by atoms with Crippen LogP contribution in [0.3, 0.4) is 0 Å². The summed E-state index contributed by atoms with van der Waals surface area (Å²) in [6.45, 7) is 4.93. The van der Waals surface area contributed by atoms with Gasteiger partial charge >= 0.3 is 12.1 Å². The molecule has 9 heteroatoms. The lowest BCUT2D eigenvalue weighted by atomic mass is 9.84. The standard InChI is InChI=1S/C26H31N3O6/c1-26(2,3)21(12-22(30)27-13-23(31)28-14-24(32)33)29-25(34)35-15-20-18-10-6-4-8-16(18)17-9-5-7-11-19(17)20/h4-11,20-21H,12-15H2,1-3H3,(H,27,30)(H,28,31)(H,29,34)(H,32,33). The maximum atomic E-state index is 12.7. The molecule has 4 N–H and O–H groups in total. The van der Waals surface area contributed by atoms with Gasteiger partial charge in [-0.25, -0.2) is 4.79 Å². The minimum Gasteiger partial charge on any atom is -0.480 e. The molecule has 0 radical (unpaired) electrons. The fourth-order valence-corrected chi connectivity index (χ4v) is 4.03. The summed E-state index contributed by atoms with van der Waals surface area (Å²) in [5.74, 6) is -2.31. The summed E-state index contributed by atoms with van der Waals surface area (Å²) in [6.07, 6.45) is -0.696. The number of carboxylic acid groups (broad SMARTS) is 1. The largest absolute Gasteiger partial charge is 0.480 e. The first-order valence-electron chi connectivity index (χ1n) is 11.4. The average Bonchev–Trinajstić information content (AvgIpc) is 3.13. The molecule has 0 spiro atoms. The SMILES string of the molecule is CC(C)(C)C(CC(=O)NCC(=O)NCC(=O)O)NC(=O)OCC1c2ccccc2-c2ccccc21. The van der Waals surface area contributed by atoms with E-state index in [0.717, 1.165) is 22.3 Å². The number of nitrogens with one attached hydrogen (secondary N) is 3. The highest BCUT2D eigenvalue weighted by atomic mass is 16.5. The van der Waals surface area contributed by atoms with Crippen molar-refractivity contribution in [3.8, 4) is 11.1 Å². The number of aliphatic carboxylic acids is 1. The quantitative estimate of drug-likeness (QED) is 0.435. The van der Waals surface area contributed by atoms with Crippen LogP contribution in [0.25, 0.3) is 11.1 Å². The number of alkyl carbamates (subject to hydrolysis) is 1. The van der Waals surface area contributed by atoms with Gasteiger partial charge in [-0.05, 0) is 27.7 Å². The van der Waals surface area contributed by atoms with Crippen molar-refractivity contribution in [2.24, 2.45) is 5.41 Å². The lowest BCUT2D eigenvalue weighted by Crippen LogP contribution is -2.48. The number of carbonyl (C=O) groups is 4. The second kappa shape index (κ2) is 11.0. The average molecular weight is 482 g/mol. The molecule has 9 nitrogen and oxygen atoms in total. The molecule has 3 amide bonds. The van der Waals surface area contributed by atoms with E-state index >= 15 is 0 Å². The zero-order valence-electron chi connectivity index (χ0n) is 20.1. The number of rotatable bonds is 9. The Hall–Kier alpha value is -3.88. The monoisotopic (exact) mass is 481 g/mol. The van der Waals surface area contributed by atoms with E-state index in [-0.39, 0.29) is 25.5 Å². The van der Waals surface area contributed by atoms with Gasteiger partial charge < -0.3 is 25.8 Å². The van der Waals surface area contributed by atoms with E-state index in [1.165, 1.54) is 0 Å². The van der Waals surface area contributed by atoms with E-state index in [1.54, 1.807) is 0 Å². The predicted octanol–water partition coefficient (Wildman–Crippen LogP) is 2.65. The van der Waals surface area contributed by atoms with Gasteiger partial charge in [0.15, 0.2) is 0 Å². The van der Waals surface area contributed by atoms with Crippen LogP contribution in [0.5, 0.6) is 0 Å². The molecule has 35 heavy (non-hydrogen) atoms. The molecule has 0 saturated heterocycles. The highest BCUT2D eigenvalue weighted by molar-refractivity contribution is 5.87. The molecule has 0 saturated carbocycles. The van der Waals surface area contributed by atoms with Crippen molar-refractivity contribution < 1.29 is 29.0 Å². The van der Waals surface area contributed by atoms with E-state index in [1.807, 2.05) is 57.2 Å². The Kier molecular flexibility index (Phi) is 8.11. The van der Waals surface area contributed by atoms with Gasteiger partial charge in [-0.2, -0.15) is 0 Å². The molecule has 1 unspecified atom stereocenters. The molecule has 0 aliphatic heterocycles. The number of ether oxygens (including phenoxy) is 1. The Morgan fingerprint density at radius 2 is 1.43 bits per heavy atom. The van der Waals surface area contributed by atoms with Crippen LogP contribution in [-0.4, -0.2) is 54.7 Å². The van der Waals surface area contributed by atoms with Crippen LogP contribution in [0.1, 0.15) is 44.2 Å². The van der Waals surface area contributed by atoms with Gasteiger partial charge in [-0.3, -0.25) is 14.4 Å². The van der Waals surface area contributed by atoms with E-state index in [0.29, 0.717) is 0 Å². The molecular weight excluding hydrogens is 450 g/mol. The first-order chi connectivity index (χ1) is 16.6. The molecule has 0 bridgehead atoms. The van der Waals surface area contributed by atoms with Crippen LogP contribution in [0.15, 0.2) is 48.5 Å². The maximum Gasteiger partial charge on any atom is 0.407 e. The first-order valence-corrected chi connectivity index (χ1v) is 11.4. The van der Waals surface area contributed by atoms with E-state index in [2.05, 4.69) is 28.1 Å². The smallest absolute Gasteiger partial charge is 0.407 e. The number of benzene rings is 2. The number of amides is 3. The zero-order valence-corrected chi connectivity index (χ0v) is 20.1. The van der Waals surface area contributed by atoms with Crippen molar-refractivity contribution in [2.75, 3.05) is 19.7 Å². The maximum absolute atomic E-state index is 12.7. The molecule has 1 atom stereocenters. The topological polar surface area (TPSA) is 134 Å². The van der Waals surface area contributed by atoms with Gasteiger partial charge in [-0.1, -0.05) is 69.3 Å². The second-order valence-electron chi connectivity index (χ2n) is 9.54. The van der Waals surface area contributed by atoms with Crippen LogP contribution in [0, 0.1) is 5.41 Å². The normalized spacial score (nSPS) is 13.2. The number of hydrogen-bond donors (Lipinski definition) is 4. The Morgan fingerprint density at radius 1 is 0.886 bits per heavy atom. The van der Waals surface area contributed by atoms with E-state index < -0.39 is 41.9 Å². The van der Waals surface area contributed by atoms with Gasteiger partial charge in [0.25, 0.3) is 0 Å². The molecule has 2 aromatic carbocycles. The van der Waals surface area contributed by atoms with E-state index in [4.69, 9.17) is 9.84 Å². The van der Waals surface area contributed by atoms with Crippen LogP contribution in [0.2, 0.25) is 0 Å². The van der Waals surface area contributed by atoms with E-state index in [9.17, 15) is 19.2 Å². The molecule has 3 rings (SSSR count). The summed E-state index contributed by atoms with van der Waals surface area (Å²) >= 11 is 0. The van der Waals surface area contributed by atoms with Gasteiger partial charge in [0, 0.05) is 18.4 Å². The summed E-state index contributed by atoms with van der Waals surface area (Å²) in [5.41, 5.74) is 4.01. The predicted molar refractivity (Wildman–Crippen MR) is 130 cm³/mol. The third-order valence-electron chi connectivity index (χ3n) is 5.95. The number of carboxylic acids is 1. The Morgan fingerprint density at radius 3 is 1.97 bits per heavy atom. The van der Waals surface area contributed by atoms with Gasteiger partial charge in [0.05, 0.1) is 6.54 Å². The molecule has 186 valence electrons. The molecular formula is C26H31N3O6. The third-order valence-corrected chi connectivity index (χ3v) is 5.95. The first kappa shape index (κ1) is 25.7. The van der Waals surface area contributed by atoms with Gasteiger partial charge in [0.2, 0.25) is 11.8 Å². The van der Waals surface area contributed by atoms with Crippen LogP contribution in [0.4, 0.5) is 4.79 Å². The third kappa shape index (κ3) is 6.81. The Labute approximate surface area is 204 Å². The minimum atomic E-state index is -1.18. The Bertz CT molecular complexity index is 1060. The number of hydrogen-bond acceptors (Lipinski definition) is 5. The van der Waals surface area contributed by atoms with Crippen molar-refractivity contribution >= 4 is 23.9 Å². The van der Waals surface area contributed by atoms with Crippen LogP contribution < -0.4 is 16.0 Å². The number of fused-ring (bicyclic) bond motifs is 3.